The van der Waals surface area contributed by atoms with E-state index in [1.54, 1.807) is 12.1 Å². The Morgan fingerprint density at radius 2 is 1.65 bits per heavy atom. The van der Waals surface area contributed by atoms with E-state index in [0.717, 1.165) is 30.4 Å². The van der Waals surface area contributed by atoms with E-state index in [9.17, 15) is 12.8 Å². The number of rotatable bonds is 7. The molecular weight excluding hydrogens is 313 g/mol. The van der Waals surface area contributed by atoms with E-state index in [-0.39, 0.29) is 11.6 Å². The summed E-state index contributed by atoms with van der Waals surface area (Å²) in [4.78, 5) is 0. The molecule has 0 aromatic heterocycles. The van der Waals surface area contributed by atoms with Crippen molar-refractivity contribution >= 4 is 10.0 Å². The SMILES string of the molecule is O=S(=O)(CCCc1ccccc1)NC1(c2ccc(F)cc2)CC1. The molecule has 122 valence electrons. The maximum Gasteiger partial charge on any atom is 0.212 e. The van der Waals surface area contributed by atoms with Gasteiger partial charge < -0.3 is 0 Å². The van der Waals surface area contributed by atoms with Gasteiger partial charge in [-0.3, -0.25) is 0 Å². The first-order valence-corrected chi connectivity index (χ1v) is 9.46. The van der Waals surface area contributed by atoms with Crippen LogP contribution in [-0.4, -0.2) is 14.2 Å². The molecule has 3 rings (SSSR count). The van der Waals surface area contributed by atoms with Crippen LogP contribution >= 0.6 is 0 Å². The fourth-order valence-electron chi connectivity index (χ4n) is 2.80. The van der Waals surface area contributed by atoms with Crippen LogP contribution in [0.4, 0.5) is 4.39 Å². The molecule has 1 fully saturated rings. The van der Waals surface area contributed by atoms with Crippen LogP contribution in [-0.2, 0) is 22.0 Å². The minimum Gasteiger partial charge on any atom is -0.212 e. The third-order valence-corrected chi connectivity index (χ3v) is 5.75. The van der Waals surface area contributed by atoms with E-state index in [4.69, 9.17) is 0 Å². The number of benzene rings is 2. The molecular formula is C18H20FNO2S. The number of hydrogen-bond acceptors (Lipinski definition) is 2. The van der Waals surface area contributed by atoms with E-state index in [2.05, 4.69) is 4.72 Å². The largest absolute Gasteiger partial charge is 0.212 e. The van der Waals surface area contributed by atoms with Crippen molar-refractivity contribution in [1.82, 2.24) is 4.72 Å². The normalized spacial score (nSPS) is 16.2. The van der Waals surface area contributed by atoms with E-state index >= 15 is 0 Å². The molecule has 23 heavy (non-hydrogen) atoms. The molecule has 0 aliphatic heterocycles. The number of aryl methyl sites for hydroxylation is 1. The molecule has 0 heterocycles. The van der Waals surface area contributed by atoms with Gasteiger partial charge in [0.15, 0.2) is 0 Å². The summed E-state index contributed by atoms with van der Waals surface area (Å²) in [6.07, 6.45) is 2.84. The Morgan fingerprint density at radius 1 is 1.00 bits per heavy atom. The van der Waals surface area contributed by atoms with Gasteiger partial charge in [0.05, 0.1) is 11.3 Å². The predicted molar refractivity (Wildman–Crippen MR) is 89.0 cm³/mol. The van der Waals surface area contributed by atoms with Gasteiger partial charge in [0.1, 0.15) is 5.82 Å². The third kappa shape index (κ3) is 4.18. The first-order chi connectivity index (χ1) is 11.0. The van der Waals surface area contributed by atoms with Crippen LogP contribution in [0.15, 0.2) is 54.6 Å². The lowest BCUT2D eigenvalue weighted by molar-refractivity contribution is 0.548. The summed E-state index contributed by atoms with van der Waals surface area (Å²) in [5, 5.41) is 0. The lowest BCUT2D eigenvalue weighted by Gasteiger charge is -2.18. The Hall–Kier alpha value is -1.72. The van der Waals surface area contributed by atoms with Gasteiger partial charge in [-0.25, -0.2) is 17.5 Å². The van der Waals surface area contributed by atoms with Crippen molar-refractivity contribution in [2.24, 2.45) is 0 Å². The predicted octanol–water partition coefficient (Wildman–Crippen LogP) is 3.37. The van der Waals surface area contributed by atoms with Crippen molar-refractivity contribution in [3.05, 3.63) is 71.5 Å². The first-order valence-electron chi connectivity index (χ1n) is 7.81. The second-order valence-electron chi connectivity index (χ2n) is 6.10. The number of nitrogens with one attached hydrogen (secondary N) is 1. The Bertz CT molecular complexity index is 753. The average molecular weight is 333 g/mol. The summed E-state index contributed by atoms with van der Waals surface area (Å²) in [6.45, 7) is 0. The second-order valence-corrected chi connectivity index (χ2v) is 7.94. The molecule has 2 aromatic rings. The van der Waals surface area contributed by atoms with E-state index < -0.39 is 15.6 Å². The highest BCUT2D eigenvalue weighted by Crippen LogP contribution is 2.46. The summed E-state index contributed by atoms with van der Waals surface area (Å²) >= 11 is 0. The van der Waals surface area contributed by atoms with Crippen molar-refractivity contribution in [1.29, 1.82) is 0 Å². The highest BCUT2D eigenvalue weighted by atomic mass is 32.2. The van der Waals surface area contributed by atoms with Crippen molar-refractivity contribution < 1.29 is 12.8 Å². The van der Waals surface area contributed by atoms with Gasteiger partial charge in [0.2, 0.25) is 10.0 Å². The maximum atomic E-state index is 13.0. The summed E-state index contributed by atoms with van der Waals surface area (Å²) in [7, 11) is -3.35. The molecule has 1 saturated carbocycles. The van der Waals surface area contributed by atoms with Crippen LogP contribution in [0, 0.1) is 5.82 Å². The maximum absolute atomic E-state index is 13.0. The van der Waals surface area contributed by atoms with Gasteiger partial charge in [0.25, 0.3) is 0 Å². The number of halogens is 1. The molecule has 1 aliphatic rings. The van der Waals surface area contributed by atoms with E-state index in [1.807, 2.05) is 30.3 Å². The van der Waals surface area contributed by atoms with Crippen LogP contribution in [0.2, 0.25) is 0 Å². The molecule has 0 unspecified atom stereocenters. The standard InChI is InChI=1S/C18H20FNO2S/c19-17-10-8-16(9-11-17)18(12-13-18)20-23(21,22)14-4-7-15-5-2-1-3-6-15/h1-3,5-6,8-11,20H,4,7,12-14H2. The Morgan fingerprint density at radius 3 is 2.26 bits per heavy atom. The lowest BCUT2D eigenvalue weighted by atomic mass is 10.1. The number of sulfonamides is 1. The minimum atomic E-state index is -3.35. The topological polar surface area (TPSA) is 46.2 Å². The molecule has 1 aliphatic carbocycles. The minimum absolute atomic E-state index is 0.102. The summed E-state index contributed by atoms with van der Waals surface area (Å²) in [6, 6.07) is 15.9. The molecule has 2 aromatic carbocycles. The monoisotopic (exact) mass is 333 g/mol. The summed E-state index contributed by atoms with van der Waals surface area (Å²) in [5.74, 6) is -0.208. The molecule has 0 spiro atoms. The Balaban J connectivity index is 1.59. The van der Waals surface area contributed by atoms with Crippen molar-refractivity contribution in [2.45, 2.75) is 31.2 Å². The zero-order valence-electron chi connectivity index (χ0n) is 12.8. The third-order valence-electron chi connectivity index (χ3n) is 4.22. The summed E-state index contributed by atoms with van der Waals surface area (Å²) in [5.41, 5.74) is 1.45. The van der Waals surface area contributed by atoms with Crippen molar-refractivity contribution in [3.8, 4) is 0 Å². The van der Waals surface area contributed by atoms with Gasteiger partial charge in [-0.2, -0.15) is 0 Å². The van der Waals surface area contributed by atoms with Gasteiger partial charge in [-0.05, 0) is 48.9 Å². The van der Waals surface area contributed by atoms with Gasteiger partial charge in [-0.15, -0.1) is 0 Å². The highest BCUT2D eigenvalue weighted by molar-refractivity contribution is 7.89. The van der Waals surface area contributed by atoms with Crippen molar-refractivity contribution in [2.75, 3.05) is 5.75 Å². The number of hydrogen-bond donors (Lipinski definition) is 1. The fraction of sp³-hybridized carbons (Fsp3) is 0.333. The van der Waals surface area contributed by atoms with Gasteiger partial charge >= 0.3 is 0 Å². The molecule has 0 saturated heterocycles. The highest BCUT2D eigenvalue weighted by Gasteiger charge is 2.47. The molecule has 5 heteroatoms. The van der Waals surface area contributed by atoms with Crippen LogP contribution in [0.25, 0.3) is 0 Å². The van der Waals surface area contributed by atoms with Crippen LogP contribution in [0.3, 0.4) is 0 Å². The second kappa shape index (κ2) is 6.42. The Kier molecular flexibility index (Phi) is 4.50. The van der Waals surface area contributed by atoms with E-state index in [1.165, 1.54) is 12.1 Å². The van der Waals surface area contributed by atoms with Crippen LogP contribution < -0.4 is 4.72 Å². The van der Waals surface area contributed by atoms with Crippen molar-refractivity contribution in [3.63, 3.8) is 0 Å². The average Bonchev–Trinajstić information content (AvgIpc) is 3.28. The molecule has 1 N–H and O–H groups in total. The first kappa shape index (κ1) is 16.1. The Labute approximate surface area is 136 Å². The zero-order valence-corrected chi connectivity index (χ0v) is 13.7. The molecule has 0 atom stereocenters. The molecule has 0 radical (unpaired) electrons. The van der Waals surface area contributed by atoms with E-state index in [0.29, 0.717) is 6.42 Å². The smallest absolute Gasteiger partial charge is 0.212 e. The molecule has 0 bridgehead atoms. The van der Waals surface area contributed by atoms with Crippen LogP contribution in [0.5, 0.6) is 0 Å². The quantitative estimate of drug-likeness (QED) is 0.844. The van der Waals surface area contributed by atoms with Crippen LogP contribution in [0.1, 0.15) is 30.4 Å². The lowest BCUT2D eigenvalue weighted by Crippen LogP contribution is -2.36. The van der Waals surface area contributed by atoms with Gasteiger partial charge in [-0.1, -0.05) is 42.5 Å². The van der Waals surface area contributed by atoms with Gasteiger partial charge in [0, 0.05) is 0 Å². The molecule has 0 amide bonds. The molecule has 3 nitrogen and oxygen atoms in total. The fourth-order valence-corrected chi connectivity index (χ4v) is 4.35. The summed E-state index contributed by atoms with van der Waals surface area (Å²) < 4.78 is 40.5. The zero-order chi connectivity index (χ0) is 16.3.